The van der Waals surface area contributed by atoms with Crippen molar-refractivity contribution in [3.63, 3.8) is 0 Å². The highest BCUT2D eigenvalue weighted by Gasteiger charge is 2.38. The SMILES string of the molecule is CC(COCC1CO1)(COCC1CO1)C(=O)Oc1ccc(-c2ccccc2)cc1. The van der Waals surface area contributed by atoms with E-state index in [4.69, 9.17) is 23.7 Å². The number of ether oxygens (including phenoxy) is 5. The zero-order valence-electron chi connectivity index (χ0n) is 16.5. The van der Waals surface area contributed by atoms with Crippen LogP contribution < -0.4 is 4.74 Å². The van der Waals surface area contributed by atoms with E-state index in [0.717, 1.165) is 11.1 Å². The highest BCUT2D eigenvalue weighted by Crippen LogP contribution is 2.26. The van der Waals surface area contributed by atoms with Crippen LogP contribution in [0.2, 0.25) is 0 Å². The molecule has 2 aliphatic rings. The Hall–Kier alpha value is -2.25. The van der Waals surface area contributed by atoms with Gasteiger partial charge in [-0.15, -0.1) is 0 Å². The van der Waals surface area contributed by atoms with Gasteiger partial charge in [0, 0.05) is 0 Å². The summed E-state index contributed by atoms with van der Waals surface area (Å²) in [6.45, 7) is 4.59. The fraction of sp³-hybridized carbons (Fsp3) is 0.435. The minimum absolute atomic E-state index is 0.140. The van der Waals surface area contributed by atoms with Gasteiger partial charge in [0.1, 0.15) is 23.4 Å². The molecule has 0 aliphatic carbocycles. The van der Waals surface area contributed by atoms with Crippen molar-refractivity contribution in [1.82, 2.24) is 0 Å². The molecular weight excluding hydrogens is 372 g/mol. The van der Waals surface area contributed by atoms with Crippen LogP contribution in [0.1, 0.15) is 6.92 Å². The molecule has 2 unspecified atom stereocenters. The number of rotatable bonds is 11. The van der Waals surface area contributed by atoms with Crippen LogP contribution in [0.3, 0.4) is 0 Å². The third-order valence-corrected chi connectivity index (χ3v) is 4.92. The molecule has 2 aliphatic heterocycles. The number of carbonyl (C=O) groups excluding carboxylic acids is 1. The van der Waals surface area contributed by atoms with Crippen molar-refractivity contribution < 1.29 is 28.5 Å². The Balaban J connectivity index is 1.37. The average Bonchev–Trinajstić information content (AvgIpc) is 3.65. The van der Waals surface area contributed by atoms with Gasteiger partial charge in [0.2, 0.25) is 0 Å². The second kappa shape index (κ2) is 9.05. The van der Waals surface area contributed by atoms with E-state index in [1.807, 2.05) is 42.5 Å². The smallest absolute Gasteiger partial charge is 0.321 e. The van der Waals surface area contributed by atoms with Crippen molar-refractivity contribution in [2.45, 2.75) is 19.1 Å². The largest absolute Gasteiger partial charge is 0.426 e. The Bertz CT molecular complexity index is 778. The number of hydrogen-bond donors (Lipinski definition) is 0. The van der Waals surface area contributed by atoms with Gasteiger partial charge in [-0.05, 0) is 30.2 Å². The van der Waals surface area contributed by atoms with Crippen LogP contribution in [0.25, 0.3) is 11.1 Å². The van der Waals surface area contributed by atoms with Crippen molar-refractivity contribution in [1.29, 1.82) is 0 Å². The Kier molecular flexibility index (Phi) is 6.25. The fourth-order valence-electron chi connectivity index (χ4n) is 2.90. The Labute approximate surface area is 170 Å². The van der Waals surface area contributed by atoms with E-state index in [1.54, 1.807) is 19.1 Å². The summed E-state index contributed by atoms with van der Waals surface area (Å²) in [6.07, 6.45) is 0.281. The van der Waals surface area contributed by atoms with Gasteiger partial charge in [-0.2, -0.15) is 0 Å². The topological polar surface area (TPSA) is 69.8 Å². The first-order valence-corrected chi connectivity index (χ1v) is 9.89. The molecule has 2 fully saturated rings. The number of epoxide rings is 2. The number of carbonyl (C=O) groups is 1. The Morgan fingerprint density at radius 1 is 0.897 bits per heavy atom. The molecule has 0 aromatic heterocycles. The van der Waals surface area contributed by atoms with E-state index in [9.17, 15) is 4.79 Å². The fourth-order valence-corrected chi connectivity index (χ4v) is 2.90. The van der Waals surface area contributed by atoms with E-state index in [2.05, 4.69) is 0 Å². The summed E-state index contributed by atoms with van der Waals surface area (Å²) in [7, 11) is 0. The van der Waals surface area contributed by atoms with E-state index in [-0.39, 0.29) is 31.4 Å². The van der Waals surface area contributed by atoms with Gasteiger partial charge in [-0.25, -0.2) is 0 Å². The maximum atomic E-state index is 12.9. The van der Waals surface area contributed by atoms with Crippen LogP contribution in [0.5, 0.6) is 5.75 Å². The van der Waals surface area contributed by atoms with E-state index < -0.39 is 5.41 Å². The number of benzene rings is 2. The second-order valence-electron chi connectivity index (χ2n) is 7.78. The monoisotopic (exact) mass is 398 g/mol. The van der Waals surface area contributed by atoms with Crippen molar-refractivity contribution in [3.8, 4) is 16.9 Å². The third kappa shape index (κ3) is 5.87. The van der Waals surface area contributed by atoms with Crippen LogP contribution in [0.4, 0.5) is 0 Å². The predicted octanol–water partition coefficient (Wildman–Crippen LogP) is 3.10. The lowest BCUT2D eigenvalue weighted by Crippen LogP contribution is -2.41. The van der Waals surface area contributed by atoms with Gasteiger partial charge >= 0.3 is 5.97 Å². The van der Waals surface area contributed by atoms with E-state index in [1.165, 1.54) is 0 Å². The van der Waals surface area contributed by atoms with Crippen LogP contribution >= 0.6 is 0 Å². The lowest BCUT2D eigenvalue weighted by atomic mass is 9.93. The first-order valence-electron chi connectivity index (χ1n) is 9.89. The quantitative estimate of drug-likeness (QED) is 0.329. The summed E-state index contributed by atoms with van der Waals surface area (Å²) in [5, 5.41) is 0. The molecule has 4 rings (SSSR count). The molecule has 2 aromatic carbocycles. The van der Waals surface area contributed by atoms with E-state index >= 15 is 0 Å². The van der Waals surface area contributed by atoms with Crippen LogP contribution in [0.15, 0.2) is 54.6 Å². The lowest BCUT2D eigenvalue weighted by molar-refractivity contribution is -0.153. The van der Waals surface area contributed by atoms with Crippen molar-refractivity contribution in [2.24, 2.45) is 5.41 Å². The van der Waals surface area contributed by atoms with E-state index in [0.29, 0.717) is 32.2 Å². The number of esters is 1. The van der Waals surface area contributed by atoms with Gasteiger partial charge in [-0.1, -0.05) is 42.5 Å². The van der Waals surface area contributed by atoms with Gasteiger partial charge in [0.05, 0.1) is 39.6 Å². The average molecular weight is 398 g/mol. The highest BCUT2D eigenvalue weighted by molar-refractivity contribution is 5.79. The summed E-state index contributed by atoms with van der Waals surface area (Å²) >= 11 is 0. The minimum Gasteiger partial charge on any atom is -0.426 e. The zero-order chi connectivity index (χ0) is 20.1. The maximum Gasteiger partial charge on any atom is 0.321 e. The highest BCUT2D eigenvalue weighted by atomic mass is 16.6. The molecule has 0 N–H and O–H groups in total. The van der Waals surface area contributed by atoms with Crippen molar-refractivity contribution in [2.75, 3.05) is 39.6 Å². The van der Waals surface area contributed by atoms with Crippen LogP contribution in [0, 0.1) is 5.41 Å². The molecule has 0 bridgehead atoms. The molecule has 2 heterocycles. The summed E-state index contributed by atoms with van der Waals surface area (Å²) in [5.41, 5.74) is 1.26. The lowest BCUT2D eigenvalue weighted by Gasteiger charge is -2.26. The molecule has 0 spiro atoms. The normalized spacial score (nSPS) is 22.0. The molecule has 2 atom stereocenters. The molecule has 6 heteroatoms. The summed E-state index contributed by atoms with van der Waals surface area (Å²) in [4.78, 5) is 12.9. The molecule has 2 saturated heterocycles. The third-order valence-electron chi connectivity index (χ3n) is 4.92. The predicted molar refractivity (Wildman–Crippen MR) is 107 cm³/mol. The second-order valence-corrected chi connectivity index (χ2v) is 7.78. The number of hydrogen-bond acceptors (Lipinski definition) is 6. The van der Waals surface area contributed by atoms with Crippen molar-refractivity contribution >= 4 is 5.97 Å². The standard InChI is InChI=1S/C23H26O6/c1-23(15-25-11-20-13-27-20,16-26-12-21-14-28-21)22(24)29-19-9-7-18(8-10-19)17-5-3-2-4-6-17/h2-10,20-21H,11-16H2,1H3. The first-order chi connectivity index (χ1) is 14.1. The molecular formula is C23H26O6. The van der Waals surface area contributed by atoms with Gasteiger partial charge in [0.25, 0.3) is 0 Å². The molecule has 0 radical (unpaired) electrons. The minimum atomic E-state index is -0.915. The Morgan fingerprint density at radius 3 is 1.93 bits per heavy atom. The van der Waals surface area contributed by atoms with Gasteiger partial charge in [-0.3, -0.25) is 4.79 Å². The molecule has 6 nitrogen and oxygen atoms in total. The summed E-state index contributed by atoms with van der Waals surface area (Å²) < 4.78 is 27.4. The van der Waals surface area contributed by atoms with Gasteiger partial charge < -0.3 is 23.7 Å². The van der Waals surface area contributed by atoms with Gasteiger partial charge in [0.15, 0.2) is 0 Å². The molecule has 2 aromatic rings. The summed E-state index contributed by atoms with van der Waals surface area (Å²) in [5.74, 6) is 0.121. The van der Waals surface area contributed by atoms with Crippen LogP contribution in [-0.4, -0.2) is 57.8 Å². The first kappa shape index (κ1) is 20.0. The van der Waals surface area contributed by atoms with Crippen molar-refractivity contribution in [3.05, 3.63) is 54.6 Å². The zero-order valence-corrected chi connectivity index (χ0v) is 16.5. The molecule has 0 amide bonds. The maximum absolute atomic E-state index is 12.9. The van der Waals surface area contributed by atoms with Crippen LogP contribution in [-0.2, 0) is 23.7 Å². The molecule has 0 saturated carbocycles. The molecule has 29 heavy (non-hydrogen) atoms. The molecule has 154 valence electrons. The Morgan fingerprint density at radius 2 is 1.41 bits per heavy atom. The summed E-state index contributed by atoms with van der Waals surface area (Å²) in [6, 6.07) is 17.5.